The molecule has 0 fully saturated rings. The van der Waals surface area contributed by atoms with Gasteiger partial charge in [0.05, 0.1) is 11.8 Å². The van der Waals surface area contributed by atoms with E-state index >= 15 is 0 Å². The molecule has 0 aliphatic heterocycles. The van der Waals surface area contributed by atoms with Crippen LogP contribution in [0.15, 0.2) is 49.7 Å². The van der Waals surface area contributed by atoms with Gasteiger partial charge >= 0.3 is 5.97 Å². The number of hydrogen-bond donors (Lipinski definition) is 1. The van der Waals surface area contributed by atoms with E-state index in [1.807, 2.05) is 0 Å². The summed E-state index contributed by atoms with van der Waals surface area (Å²) in [6.45, 7) is 0. The Labute approximate surface area is 104 Å². The van der Waals surface area contributed by atoms with E-state index in [4.69, 9.17) is 9.52 Å². The molecule has 16 heavy (non-hydrogen) atoms. The fourth-order valence-electron chi connectivity index (χ4n) is 1.11. The zero-order valence-corrected chi connectivity index (χ0v) is 10.3. The number of rotatable bonds is 3. The maximum Gasteiger partial charge on any atom is 0.336 e. The second-order valence-corrected chi connectivity index (χ2v) is 4.75. The molecule has 1 N–H and O–H groups in total. The van der Waals surface area contributed by atoms with Gasteiger partial charge in [0.15, 0.2) is 0 Å². The number of oxazole rings is 1. The van der Waals surface area contributed by atoms with E-state index in [2.05, 4.69) is 20.9 Å². The van der Waals surface area contributed by atoms with E-state index in [1.54, 1.807) is 18.2 Å². The summed E-state index contributed by atoms with van der Waals surface area (Å²) in [6.07, 6.45) is 2.96. The molecule has 0 saturated carbocycles. The van der Waals surface area contributed by atoms with Crippen LogP contribution in [-0.2, 0) is 0 Å². The molecule has 1 heterocycles. The van der Waals surface area contributed by atoms with Gasteiger partial charge in [-0.1, -0.05) is 15.9 Å². The van der Waals surface area contributed by atoms with Crippen LogP contribution in [0.3, 0.4) is 0 Å². The van der Waals surface area contributed by atoms with Crippen LogP contribution >= 0.6 is 27.7 Å². The van der Waals surface area contributed by atoms with Gasteiger partial charge in [-0.25, -0.2) is 9.78 Å². The summed E-state index contributed by atoms with van der Waals surface area (Å²) >= 11 is 4.41. The van der Waals surface area contributed by atoms with Crippen molar-refractivity contribution in [3.8, 4) is 0 Å². The first-order chi connectivity index (χ1) is 7.66. The predicted molar refractivity (Wildman–Crippen MR) is 61.7 cm³/mol. The number of benzene rings is 1. The monoisotopic (exact) mass is 299 g/mol. The number of aromatic carboxylic acids is 1. The fourth-order valence-corrected chi connectivity index (χ4v) is 2.27. The molecule has 6 heteroatoms. The Kier molecular flexibility index (Phi) is 3.31. The van der Waals surface area contributed by atoms with Crippen molar-refractivity contribution in [2.75, 3.05) is 0 Å². The van der Waals surface area contributed by atoms with Crippen molar-refractivity contribution in [2.45, 2.75) is 10.1 Å². The minimum Gasteiger partial charge on any atom is -0.478 e. The summed E-state index contributed by atoms with van der Waals surface area (Å²) in [6, 6.07) is 5.04. The number of carbonyl (C=O) groups is 1. The van der Waals surface area contributed by atoms with E-state index in [-0.39, 0.29) is 5.56 Å². The molecule has 0 aliphatic rings. The third-order valence-corrected chi connectivity index (χ3v) is 3.22. The smallest absolute Gasteiger partial charge is 0.336 e. The molecular weight excluding hydrogens is 294 g/mol. The van der Waals surface area contributed by atoms with Gasteiger partial charge in [0.1, 0.15) is 6.26 Å². The molecule has 1 aromatic heterocycles. The van der Waals surface area contributed by atoms with E-state index < -0.39 is 5.97 Å². The molecule has 82 valence electrons. The zero-order chi connectivity index (χ0) is 11.5. The summed E-state index contributed by atoms with van der Waals surface area (Å²) in [5.41, 5.74) is 0.220. The second-order valence-electron chi connectivity index (χ2n) is 2.85. The van der Waals surface area contributed by atoms with Crippen LogP contribution in [0.5, 0.6) is 0 Å². The highest BCUT2D eigenvalue weighted by atomic mass is 79.9. The van der Waals surface area contributed by atoms with Gasteiger partial charge in [-0.15, -0.1) is 0 Å². The molecule has 2 rings (SSSR count). The molecule has 0 bridgehead atoms. The van der Waals surface area contributed by atoms with Crippen molar-refractivity contribution in [3.63, 3.8) is 0 Å². The summed E-state index contributed by atoms with van der Waals surface area (Å²) in [4.78, 5) is 15.5. The van der Waals surface area contributed by atoms with Crippen LogP contribution in [0.4, 0.5) is 0 Å². The fraction of sp³-hybridized carbons (Fsp3) is 0. The normalized spacial score (nSPS) is 10.3. The van der Waals surface area contributed by atoms with Crippen LogP contribution in [0.25, 0.3) is 0 Å². The molecule has 4 nitrogen and oxygen atoms in total. The van der Waals surface area contributed by atoms with Gasteiger partial charge in [-0.05, 0) is 30.0 Å². The van der Waals surface area contributed by atoms with Gasteiger partial charge < -0.3 is 9.52 Å². The van der Waals surface area contributed by atoms with Gasteiger partial charge in [0, 0.05) is 9.37 Å². The standard InChI is InChI=1S/C10H6BrNO3S/c11-6-1-2-8(7(5-6)9(13)14)16-10-12-3-4-15-10/h1-5H,(H,13,14). The van der Waals surface area contributed by atoms with Gasteiger partial charge in [0.2, 0.25) is 0 Å². The van der Waals surface area contributed by atoms with Crippen LogP contribution < -0.4 is 0 Å². The summed E-state index contributed by atoms with van der Waals surface area (Å²) in [5.74, 6) is -0.977. The Morgan fingerprint density at radius 2 is 2.31 bits per heavy atom. The number of carboxylic acids is 1. The quantitative estimate of drug-likeness (QED) is 0.942. The van der Waals surface area contributed by atoms with Crippen LogP contribution in [0.2, 0.25) is 0 Å². The van der Waals surface area contributed by atoms with Gasteiger partial charge in [0.25, 0.3) is 5.22 Å². The number of halogens is 1. The predicted octanol–water partition coefficient (Wildman–Crippen LogP) is 3.29. The summed E-state index contributed by atoms with van der Waals surface area (Å²) in [7, 11) is 0. The molecular formula is C10H6BrNO3S. The Bertz CT molecular complexity index is 513. The average Bonchev–Trinajstić information content (AvgIpc) is 2.73. The maximum absolute atomic E-state index is 11.0. The lowest BCUT2D eigenvalue weighted by Crippen LogP contribution is -1.98. The molecule has 0 aliphatic carbocycles. The Morgan fingerprint density at radius 1 is 1.50 bits per heavy atom. The summed E-state index contributed by atoms with van der Waals surface area (Å²) in [5, 5.41) is 9.45. The third-order valence-electron chi connectivity index (χ3n) is 1.78. The van der Waals surface area contributed by atoms with E-state index in [0.717, 1.165) is 4.47 Å². The zero-order valence-electron chi connectivity index (χ0n) is 7.88. The molecule has 2 aromatic rings. The topological polar surface area (TPSA) is 63.3 Å². The Balaban J connectivity index is 2.36. The molecule has 0 amide bonds. The summed E-state index contributed by atoms with van der Waals surface area (Å²) < 4.78 is 5.77. The second kappa shape index (κ2) is 4.71. The highest BCUT2D eigenvalue weighted by Crippen LogP contribution is 2.31. The van der Waals surface area contributed by atoms with Gasteiger partial charge in [-0.2, -0.15) is 0 Å². The van der Waals surface area contributed by atoms with Crippen molar-refractivity contribution in [2.24, 2.45) is 0 Å². The lowest BCUT2D eigenvalue weighted by molar-refractivity contribution is 0.0693. The van der Waals surface area contributed by atoms with Crippen LogP contribution in [0.1, 0.15) is 10.4 Å². The number of hydrogen-bond acceptors (Lipinski definition) is 4. The van der Waals surface area contributed by atoms with Crippen LogP contribution in [-0.4, -0.2) is 16.1 Å². The number of carboxylic acid groups (broad SMARTS) is 1. The van der Waals surface area contributed by atoms with Crippen molar-refractivity contribution >= 4 is 33.7 Å². The highest BCUT2D eigenvalue weighted by Gasteiger charge is 2.13. The third kappa shape index (κ3) is 2.45. The van der Waals surface area contributed by atoms with Crippen LogP contribution in [0, 0.1) is 0 Å². The minimum atomic E-state index is -0.977. The molecule has 0 radical (unpaired) electrons. The van der Waals surface area contributed by atoms with E-state index in [9.17, 15) is 4.79 Å². The largest absolute Gasteiger partial charge is 0.478 e. The highest BCUT2D eigenvalue weighted by molar-refractivity contribution is 9.10. The Morgan fingerprint density at radius 3 is 2.94 bits per heavy atom. The average molecular weight is 300 g/mol. The Hall–Kier alpha value is -1.27. The van der Waals surface area contributed by atoms with Crippen molar-refractivity contribution in [1.82, 2.24) is 4.98 Å². The molecule has 0 saturated heterocycles. The van der Waals surface area contributed by atoms with E-state index in [1.165, 1.54) is 24.2 Å². The first-order valence-corrected chi connectivity index (χ1v) is 5.88. The SMILES string of the molecule is O=C(O)c1cc(Br)ccc1Sc1ncco1. The van der Waals surface area contributed by atoms with Crippen molar-refractivity contribution < 1.29 is 14.3 Å². The van der Waals surface area contributed by atoms with Gasteiger partial charge in [-0.3, -0.25) is 0 Å². The molecule has 0 unspecified atom stereocenters. The lowest BCUT2D eigenvalue weighted by Gasteiger charge is -2.03. The molecule has 0 atom stereocenters. The number of nitrogens with zero attached hydrogens (tertiary/aromatic N) is 1. The van der Waals surface area contributed by atoms with E-state index in [0.29, 0.717) is 10.1 Å². The molecule has 1 aromatic carbocycles. The first-order valence-electron chi connectivity index (χ1n) is 4.27. The lowest BCUT2D eigenvalue weighted by atomic mass is 10.2. The minimum absolute atomic E-state index is 0.220. The molecule has 0 spiro atoms. The van der Waals surface area contributed by atoms with Crippen molar-refractivity contribution in [3.05, 3.63) is 40.7 Å². The maximum atomic E-state index is 11.0. The first kappa shape index (κ1) is 11.2. The number of aromatic nitrogens is 1. The van der Waals surface area contributed by atoms with Crippen molar-refractivity contribution in [1.29, 1.82) is 0 Å².